The number of amides is 2. The van der Waals surface area contributed by atoms with Crippen molar-refractivity contribution in [3.05, 3.63) is 80.0 Å². The number of carbonyl (C=O) groups is 3. The highest BCUT2D eigenvalue weighted by Crippen LogP contribution is 2.27. The molecule has 1 aromatic heterocycles. The van der Waals surface area contributed by atoms with E-state index in [2.05, 4.69) is 21.0 Å². The molecule has 3 aromatic carbocycles. The van der Waals surface area contributed by atoms with Gasteiger partial charge in [0, 0.05) is 18.0 Å². The number of aromatic nitrogens is 2. The number of halogens is 1. The number of rotatable bonds is 13. The number of benzene rings is 2. The van der Waals surface area contributed by atoms with Crippen LogP contribution in [0.2, 0.25) is 0 Å². The van der Waals surface area contributed by atoms with Crippen LogP contribution in [0.25, 0.3) is 10.9 Å². The van der Waals surface area contributed by atoms with Gasteiger partial charge < -0.3 is 24.8 Å². The molecule has 0 bridgehead atoms. The SMILES string of the molecule is COC(=O)[C@@H](NC(=O)c1nn(Cc2ccc(F)cc2)c2cc(OCCCCNc3c(NC(=O)OC(C)(C)C)c(=O)c3=O)ccc12)C(C)(C)C. The van der Waals surface area contributed by atoms with Crippen molar-refractivity contribution in [2.24, 2.45) is 5.41 Å². The summed E-state index contributed by atoms with van der Waals surface area (Å²) in [5, 5.41) is 13.1. The van der Waals surface area contributed by atoms with E-state index in [9.17, 15) is 28.4 Å². The molecule has 0 radical (unpaired) electrons. The van der Waals surface area contributed by atoms with E-state index in [1.807, 2.05) is 20.8 Å². The van der Waals surface area contributed by atoms with Crippen LogP contribution in [0.4, 0.5) is 20.6 Å². The minimum atomic E-state index is -0.925. The third-order valence-corrected chi connectivity index (χ3v) is 7.44. The van der Waals surface area contributed by atoms with Crippen LogP contribution in [-0.4, -0.2) is 59.7 Å². The fourth-order valence-electron chi connectivity index (χ4n) is 4.96. The van der Waals surface area contributed by atoms with Gasteiger partial charge in [0.2, 0.25) is 0 Å². The van der Waals surface area contributed by atoms with Gasteiger partial charge in [0.15, 0.2) is 5.69 Å². The van der Waals surface area contributed by atoms with Crippen LogP contribution >= 0.6 is 0 Å². The molecule has 0 aliphatic carbocycles. The Morgan fingerprint density at radius 1 is 0.939 bits per heavy atom. The normalized spacial score (nSPS) is 12.4. The van der Waals surface area contributed by atoms with Crippen LogP contribution in [0, 0.1) is 11.2 Å². The predicted octanol–water partition coefficient (Wildman–Crippen LogP) is 4.76. The fraction of sp³-hybridized carbons (Fsp3) is 0.429. The maximum absolute atomic E-state index is 13.6. The second-order valence-corrected chi connectivity index (χ2v) is 13.6. The van der Waals surface area contributed by atoms with Crippen LogP contribution < -0.4 is 31.5 Å². The standard InChI is InChI=1S/C35H42FN5O8/c1-34(2,3)30(32(45)47-7)39-31(44)25-23-15-14-22(18-24(23)41(40-25)19-20-10-12-21(36)13-11-20)48-17-9-8-16-37-26-27(29(43)28(26)42)38-33(46)49-35(4,5)6/h10-15,18,30,37H,8-9,16-17,19H2,1-7H3,(H,38,46)(H,39,44)/t30-/m1/s1. The highest BCUT2D eigenvalue weighted by molar-refractivity contribution is 6.06. The third kappa shape index (κ3) is 9.21. The summed E-state index contributed by atoms with van der Waals surface area (Å²) in [5.41, 5.74) is -1.53. The Hall–Kier alpha value is -5.27. The Bertz CT molecular complexity index is 1900. The van der Waals surface area contributed by atoms with Crippen molar-refractivity contribution >= 4 is 40.2 Å². The highest BCUT2D eigenvalue weighted by Gasteiger charge is 2.35. The van der Waals surface area contributed by atoms with Gasteiger partial charge in [-0.05, 0) is 68.9 Å². The van der Waals surface area contributed by atoms with Gasteiger partial charge in [-0.2, -0.15) is 5.10 Å². The van der Waals surface area contributed by atoms with Crippen molar-refractivity contribution in [3.8, 4) is 5.75 Å². The van der Waals surface area contributed by atoms with Crippen LogP contribution in [-0.2, 0) is 20.8 Å². The first-order valence-corrected chi connectivity index (χ1v) is 15.8. The summed E-state index contributed by atoms with van der Waals surface area (Å²) in [7, 11) is 1.26. The summed E-state index contributed by atoms with van der Waals surface area (Å²) in [6, 6.07) is 10.2. The van der Waals surface area contributed by atoms with Crippen molar-refractivity contribution in [2.75, 3.05) is 30.9 Å². The van der Waals surface area contributed by atoms with Gasteiger partial charge >= 0.3 is 12.1 Å². The third-order valence-electron chi connectivity index (χ3n) is 7.44. The summed E-state index contributed by atoms with van der Waals surface area (Å²) in [6.45, 7) is 11.4. The first kappa shape index (κ1) is 36.6. The molecule has 3 N–H and O–H groups in total. The number of nitrogens with one attached hydrogen (secondary N) is 3. The smallest absolute Gasteiger partial charge is 0.412 e. The first-order chi connectivity index (χ1) is 23.0. The molecule has 4 rings (SSSR count). The molecule has 4 aromatic rings. The van der Waals surface area contributed by atoms with Crippen molar-refractivity contribution in [2.45, 2.75) is 72.6 Å². The van der Waals surface area contributed by atoms with Crippen LogP contribution in [0.3, 0.4) is 0 Å². The molecule has 0 aliphatic heterocycles. The van der Waals surface area contributed by atoms with Crippen molar-refractivity contribution in [3.63, 3.8) is 0 Å². The number of hydrogen-bond donors (Lipinski definition) is 3. The monoisotopic (exact) mass is 679 g/mol. The number of nitrogens with zero attached hydrogens (tertiary/aromatic N) is 2. The molecule has 13 nitrogen and oxygen atoms in total. The van der Waals surface area contributed by atoms with Gasteiger partial charge in [0.1, 0.15) is 34.6 Å². The van der Waals surface area contributed by atoms with E-state index >= 15 is 0 Å². The molecular weight excluding hydrogens is 637 g/mol. The van der Waals surface area contributed by atoms with E-state index in [0.717, 1.165) is 5.56 Å². The lowest BCUT2D eigenvalue weighted by molar-refractivity contribution is -0.145. The van der Waals surface area contributed by atoms with E-state index in [0.29, 0.717) is 42.6 Å². The second-order valence-electron chi connectivity index (χ2n) is 13.6. The summed E-state index contributed by atoms with van der Waals surface area (Å²) in [6.07, 6.45) is 0.337. The molecule has 0 spiro atoms. The topological polar surface area (TPSA) is 167 Å². The Kier molecular flexibility index (Phi) is 11.1. The first-order valence-electron chi connectivity index (χ1n) is 15.8. The number of unbranched alkanes of at least 4 members (excludes halogenated alkanes) is 1. The van der Waals surface area contributed by atoms with E-state index in [1.54, 1.807) is 55.8 Å². The molecule has 49 heavy (non-hydrogen) atoms. The lowest BCUT2D eigenvalue weighted by Gasteiger charge is -2.28. The zero-order valence-corrected chi connectivity index (χ0v) is 28.7. The largest absolute Gasteiger partial charge is 0.494 e. The zero-order chi connectivity index (χ0) is 36.1. The van der Waals surface area contributed by atoms with Gasteiger partial charge in [-0.15, -0.1) is 0 Å². The summed E-state index contributed by atoms with van der Waals surface area (Å²) >= 11 is 0. The van der Waals surface area contributed by atoms with Crippen molar-refractivity contribution in [1.82, 2.24) is 15.1 Å². The maximum Gasteiger partial charge on any atom is 0.412 e. The summed E-state index contributed by atoms with van der Waals surface area (Å²) in [4.78, 5) is 62.0. The van der Waals surface area contributed by atoms with Gasteiger partial charge in [-0.3, -0.25) is 24.4 Å². The van der Waals surface area contributed by atoms with E-state index < -0.39 is 45.9 Å². The van der Waals surface area contributed by atoms with Crippen LogP contribution in [0.1, 0.15) is 70.4 Å². The number of ether oxygens (including phenoxy) is 3. The summed E-state index contributed by atoms with van der Waals surface area (Å²) < 4.78 is 31.2. The molecule has 0 unspecified atom stereocenters. The van der Waals surface area contributed by atoms with Crippen LogP contribution in [0.15, 0.2) is 52.1 Å². The minimum Gasteiger partial charge on any atom is -0.494 e. The number of esters is 1. The van der Waals surface area contributed by atoms with E-state index in [1.165, 1.54) is 19.2 Å². The minimum absolute atomic E-state index is 0.0388. The van der Waals surface area contributed by atoms with Gasteiger partial charge in [-0.25, -0.2) is 14.0 Å². The highest BCUT2D eigenvalue weighted by atomic mass is 19.1. The lowest BCUT2D eigenvalue weighted by Crippen LogP contribution is -2.49. The number of anilines is 2. The zero-order valence-electron chi connectivity index (χ0n) is 28.7. The molecule has 14 heteroatoms. The number of fused-ring (bicyclic) bond motifs is 1. The van der Waals surface area contributed by atoms with Crippen molar-refractivity contribution < 1.29 is 33.0 Å². The van der Waals surface area contributed by atoms with Gasteiger partial charge in [0.25, 0.3) is 16.8 Å². The molecule has 1 heterocycles. The molecule has 262 valence electrons. The molecule has 2 amide bonds. The van der Waals surface area contributed by atoms with Crippen molar-refractivity contribution in [1.29, 1.82) is 0 Å². The Labute approximate surface area is 282 Å². The fourth-order valence-corrected chi connectivity index (χ4v) is 4.96. The second kappa shape index (κ2) is 14.9. The summed E-state index contributed by atoms with van der Waals surface area (Å²) in [5.74, 6) is -0.996. The molecule has 0 aliphatic rings. The lowest BCUT2D eigenvalue weighted by atomic mass is 9.86. The molecule has 0 fully saturated rings. The average Bonchev–Trinajstić information content (AvgIpc) is 3.38. The van der Waals surface area contributed by atoms with E-state index in [-0.39, 0.29) is 29.4 Å². The Balaban J connectivity index is 1.43. The van der Waals surface area contributed by atoms with Gasteiger partial charge in [0.05, 0.1) is 25.8 Å². The predicted molar refractivity (Wildman–Crippen MR) is 182 cm³/mol. The van der Waals surface area contributed by atoms with Gasteiger partial charge in [-0.1, -0.05) is 32.9 Å². The van der Waals surface area contributed by atoms with E-state index in [4.69, 9.17) is 14.2 Å². The number of carbonyl (C=O) groups excluding carboxylic acids is 3. The Morgan fingerprint density at radius 2 is 1.61 bits per heavy atom. The molecule has 0 saturated carbocycles. The molecular formula is C35H42FN5O8. The number of methoxy groups -OCH3 is 1. The molecule has 0 saturated heterocycles. The quantitative estimate of drug-likeness (QED) is 0.102. The maximum atomic E-state index is 13.6. The molecule has 1 atom stereocenters. The van der Waals surface area contributed by atoms with Crippen LogP contribution in [0.5, 0.6) is 5.75 Å². The average molecular weight is 680 g/mol. The number of hydrogen-bond acceptors (Lipinski definition) is 10. The Morgan fingerprint density at radius 3 is 2.24 bits per heavy atom.